The first kappa shape index (κ1) is 18.6. The smallest absolute Gasteiger partial charge is 0.0159 e. The van der Waals surface area contributed by atoms with Crippen molar-refractivity contribution < 1.29 is 0 Å². The van der Waals surface area contributed by atoms with Gasteiger partial charge in [0.15, 0.2) is 0 Å². The molecule has 0 aliphatic heterocycles. The van der Waals surface area contributed by atoms with Gasteiger partial charge in [-0.3, -0.25) is 0 Å². The lowest BCUT2D eigenvalue weighted by molar-refractivity contribution is 0.165. The summed E-state index contributed by atoms with van der Waals surface area (Å²) in [6.45, 7) is 10.9. The highest BCUT2D eigenvalue weighted by Crippen LogP contribution is 2.44. The highest BCUT2D eigenvalue weighted by Gasteiger charge is 2.30. The van der Waals surface area contributed by atoms with E-state index in [2.05, 4.69) is 39.0 Å². The molecule has 2 saturated carbocycles. The average molecular weight is 315 g/mol. The van der Waals surface area contributed by atoms with E-state index in [0.29, 0.717) is 0 Å². The maximum Gasteiger partial charge on any atom is -0.0159 e. The van der Waals surface area contributed by atoms with Gasteiger partial charge in [0.25, 0.3) is 0 Å². The van der Waals surface area contributed by atoms with Gasteiger partial charge in [0, 0.05) is 0 Å². The third-order valence-electron chi connectivity index (χ3n) is 6.36. The normalized spacial score (nSPS) is 31.2. The van der Waals surface area contributed by atoms with Crippen LogP contribution in [0.1, 0.15) is 94.7 Å². The fourth-order valence-electron chi connectivity index (χ4n) is 4.94. The molecule has 2 fully saturated rings. The summed E-state index contributed by atoms with van der Waals surface area (Å²) in [4.78, 5) is 0. The van der Waals surface area contributed by atoms with Crippen LogP contribution in [0.2, 0.25) is 0 Å². The largest absolute Gasteiger partial charge is 0.0683 e. The van der Waals surface area contributed by atoms with Crippen LogP contribution in [-0.2, 0) is 0 Å². The molecule has 0 atom stereocenters. The summed E-state index contributed by atoms with van der Waals surface area (Å²) in [6, 6.07) is 7.07. The number of hydrogen-bond donors (Lipinski definition) is 0. The lowest BCUT2D eigenvalue weighted by Crippen LogP contribution is -2.25. The molecule has 0 radical (unpaired) electrons. The van der Waals surface area contributed by atoms with E-state index >= 15 is 0 Å². The van der Waals surface area contributed by atoms with Crippen molar-refractivity contribution in [2.24, 2.45) is 17.8 Å². The summed E-state index contributed by atoms with van der Waals surface area (Å²) in [5.41, 5.74) is 4.56. The standard InChI is InChI=1S/C21H32.C2H6/c1-15-4-7-18(8-5-15)19-9-11-20(12-10-19)21-13-6-16(2)14-17(21)3;1-2/h6,13-15,18-20H,4-5,7-12H2,1-3H3;1-2H3. The summed E-state index contributed by atoms with van der Waals surface area (Å²) in [6.07, 6.45) is 11.8. The van der Waals surface area contributed by atoms with Gasteiger partial charge in [-0.2, -0.15) is 0 Å². The van der Waals surface area contributed by atoms with E-state index in [0.717, 1.165) is 23.7 Å². The van der Waals surface area contributed by atoms with Gasteiger partial charge in [-0.25, -0.2) is 0 Å². The molecule has 0 saturated heterocycles. The minimum atomic E-state index is 0.837. The molecule has 2 aliphatic carbocycles. The SMILES string of the molecule is CC.Cc1ccc(C2CCC(C3CCC(C)CC3)CC2)c(C)c1. The third-order valence-corrected chi connectivity index (χ3v) is 6.36. The van der Waals surface area contributed by atoms with Crippen LogP contribution in [0.15, 0.2) is 18.2 Å². The average Bonchev–Trinajstić information content (AvgIpc) is 2.58. The molecule has 0 heteroatoms. The zero-order chi connectivity index (χ0) is 16.8. The molecule has 0 amide bonds. The molecule has 1 aromatic rings. The third kappa shape index (κ3) is 4.85. The van der Waals surface area contributed by atoms with Crippen LogP contribution in [0.3, 0.4) is 0 Å². The Kier molecular flexibility index (Phi) is 7.18. The zero-order valence-corrected chi connectivity index (χ0v) is 16.2. The second-order valence-electron chi connectivity index (χ2n) is 7.99. The van der Waals surface area contributed by atoms with Crippen molar-refractivity contribution in [1.82, 2.24) is 0 Å². The van der Waals surface area contributed by atoms with E-state index < -0.39 is 0 Å². The number of aryl methyl sites for hydroxylation is 2. The van der Waals surface area contributed by atoms with Gasteiger partial charge in [-0.1, -0.05) is 57.4 Å². The lowest BCUT2D eigenvalue weighted by Gasteiger charge is -2.37. The van der Waals surface area contributed by atoms with Crippen LogP contribution in [0.5, 0.6) is 0 Å². The van der Waals surface area contributed by atoms with Gasteiger partial charge >= 0.3 is 0 Å². The molecule has 0 bridgehead atoms. The first-order valence-corrected chi connectivity index (χ1v) is 10.2. The molecule has 2 aliphatic rings. The molecule has 0 unspecified atom stereocenters. The van der Waals surface area contributed by atoms with Crippen molar-refractivity contribution in [3.8, 4) is 0 Å². The Morgan fingerprint density at radius 3 is 1.78 bits per heavy atom. The summed E-state index contributed by atoms with van der Waals surface area (Å²) < 4.78 is 0. The Morgan fingerprint density at radius 1 is 0.739 bits per heavy atom. The first-order valence-electron chi connectivity index (χ1n) is 10.2. The Bertz CT molecular complexity index is 457. The lowest BCUT2D eigenvalue weighted by atomic mass is 9.68. The molecule has 0 spiro atoms. The fraction of sp³-hybridized carbons (Fsp3) is 0.739. The van der Waals surface area contributed by atoms with Crippen LogP contribution in [0.25, 0.3) is 0 Å². The highest BCUT2D eigenvalue weighted by molar-refractivity contribution is 5.33. The van der Waals surface area contributed by atoms with Crippen molar-refractivity contribution in [3.05, 3.63) is 34.9 Å². The number of hydrogen-bond acceptors (Lipinski definition) is 0. The molecule has 0 nitrogen and oxygen atoms in total. The van der Waals surface area contributed by atoms with Crippen LogP contribution in [0, 0.1) is 31.6 Å². The minimum Gasteiger partial charge on any atom is -0.0683 e. The Labute approximate surface area is 145 Å². The van der Waals surface area contributed by atoms with Gasteiger partial charge in [0.05, 0.1) is 0 Å². The molecule has 3 rings (SSSR count). The van der Waals surface area contributed by atoms with Crippen molar-refractivity contribution in [2.45, 2.75) is 91.9 Å². The van der Waals surface area contributed by atoms with Crippen LogP contribution < -0.4 is 0 Å². The molecule has 130 valence electrons. The molecule has 0 heterocycles. The maximum atomic E-state index is 2.44. The first-order chi connectivity index (χ1) is 11.1. The predicted octanol–water partition coefficient (Wildman–Crippen LogP) is 7.43. The van der Waals surface area contributed by atoms with Gasteiger partial charge in [0.2, 0.25) is 0 Å². The van der Waals surface area contributed by atoms with E-state index in [1.54, 1.807) is 5.56 Å². The van der Waals surface area contributed by atoms with Crippen molar-refractivity contribution in [1.29, 1.82) is 0 Å². The van der Waals surface area contributed by atoms with Crippen LogP contribution >= 0.6 is 0 Å². The molecule has 0 N–H and O–H groups in total. The van der Waals surface area contributed by atoms with E-state index in [-0.39, 0.29) is 0 Å². The summed E-state index contributed by atoms with van der Waals surface area (Å²) in [5, 5.41) is 0. The van der Waals surface area contributed by atoms with Gasteiger partial charge in [0.1, 0.15) is 0 Å². The molecule has 0 aromatic heterocycles. The number of benzene rings is 1. The van der Waals surface area contributed by atoms with Gasteiger partial charge in [-0.05, 0) is 87.2 Å². The van der Waals surface area contributed by atoms with Crippen molar-refractivity contribution >= 4 is 0 Å². The zero-order valence-electron chi connectivity index (χ0n) is 16.2. The van der Waals surface area contributed by atoms with E-state index in [4.69, 9.17) is 0 Å². The second kappa shape index (κ2) is 8.90. The van der Waals surface area contributed by atoms with Crippen molar-refractivity contribution in [2.75, 3.05) is 0 Å². The topological polar surface area (TPSA) is 0 Å². The van der Waals surface area contributed by atoms with E-state index in [1.807, 2.05) is 13.8 Å². The Morgan fingerprint density at radius 2 is 1.26 bits per heavy atom. The van der Waals surface area contributed by atoms with Gasteiger partial charge in [-0.15, -0.1) is 0 Å². The second-order valence-corrected chi connectivity index (χ2v) is 7.99. The monoisotopic (exact) mass is 314 g/mol. The summed E-state index contributed by atoms with van der Waals surface area (Å²) >= 11 is 0. The van der Waals surface area contributed by atoms with E-state index in [1.165, 1.54) is 62.5 Å². The fourth-order valence-corrected chi connectivity index (χ4v) is 4.94. The summed E-state index contributed by atoms with van der Waals surface area (Å²) in [7, 11) is 0. The quantitative estimate of drug-likeness (QED) is 0.532. The van der Waals surface area contributed by atoms with Crippen LogP contribution in [-0.4, -0.2) is 0 Å². The Hall–Kier alpha value is -0.780. The van der Waals surface area contributed by atoms with Crippen LogP contribution in [0.4, 0.5) is 0 Å². The minimum absolute atomic E-state index is 0.837. The highest BCUT2D eigenvalue weighted by atomic mass is 14.4. The van der Waals surface area contributed by atoms with E-state index in [9.17, 15) is 0 Å². The predicted molar refractivity (Wildman–Crippen MR) is 103 cm³/mol. The molecule has 23 heavy (non-hydrogen) atoms. The number of rotatable bonds is 2. The maximum absolute atomic E-state index is 2.44. The molecular formula is C23H38. The Balaban J connectivity index is 0.000000924. The van der Waals surface area contributed by atoms with Crippen molar-refractivity contribution in [3.63, 3.8) is 0 Å². The van der Waals surface area contributed by atoms with Gasteiger partial charge < -0.3 is 0 Å². The molecular weight excluding hydrogens is 276 g/mol. The summed E-state index contributed by atoms with van der Waals surface area (Å²) in [5.74, 6) is 3.93. The molecule has 1 aromatic carbocycles.